The zero-order valence-electron chi connectivity index (χ0n) is 12.7. The number of ether oxygens (including phenoxy) is 1. The van der Waals surface area contributed by atoms with Crippen molar-refractivity contribution in [3.05, 3.63) is 0 Å². The number of carbonyl (C=O) groups excluding carboxylic acids is 1. The number of piperidine rings is 1. The molecule has 110 valence electrons. The largest absolute Gasteiger partial charge is 0.460 e. The van der Waals surface area contributed by atoms with E-state index in [4.69, 9.17) is 4.74 Å². The van der Waals surface area contributed by atoms with Crippen LogP contribution in [0.25, 0.3) is 0 Å². The average Bonchev–Trinajstić information content (AvgIpc) is 2.38. The van der Waals surface area contributed by atoms with Crippen LogP contribution in [0.2, 0.25) is 0 Å². The first-order valence-electron chi connectivity index (χ1n) is 7.89. The van der Waals surface area contributed by atoms with Gasteiger partial charge in [-0.3, -0.25) is 4.79 Å². The van der Waals surface area contributed by atoms with E-state index in [-0.39, 0.29) is 17.5 Å². The zero-order chi connectivity index (χ0) is 13.9. The summed E-state index contributed by atoms with van der Waals surface area (Å²) in [6, 6.07) is 0. The van der Waals surface area contributed by atoms with Crippen molar-refractivity contribution in [2.45, 2.75) is 64.9 Å². The van der Waals surface area contributed by atoms with Crippen LogP contribution in [0.3, 0.4) is 0 Å². The van der Waals surface area contributed by atoms with Crippen LogP contribution in [-0.4, -0.2) is 24.7 Å². The van der Waals surface area contributed by atoms with E-state index in [9.17, 15) is 4.79 Å². The van der Waals surface area contributed by atoms with Gasteiger partial charge in [0.2, 0.25) is 0 Å². The predicted octanol–water partition coefficient (Wildman–Crippen LogP) is 3.13. The molecule has 2 aliphatic rings. The first kappa shape index (κ1) is 14.8. The van der Waals surface area contributed by atoms with E-state index in [2.05, 4.69) is 5.32 Å². The third-order valence-corrected chi connectivity index (χ3v) is 4.56. The van der Waals surface area contributed by atoms with Crippen LogP contribution in [0.15, 0.2) is 0 Å². The Kier molecular flexibility index (Phi) is 4.88. The van der Waals surface area contributed by atoms with Crippen LogP contribution in [0.5, 0.6) is 0 Å². The topological polar surface area (TPSA) is 38.3 Å². The first-order valence-corrected chi connectivity index (χ1v) is 7.89. The summed E-state index contributed by atoms with van der Waals surface area (Å²) >= 11 is 0. The van der Waals surface area contributed by atoms with Crippen molar-refractivity contribution in [2.75, 3.05) is 13.1 Å². The highest BCUT2D eigenvalue weighted by molar-refractivity contribution is 5.72. The van der Waals surface area contributed by atoms with E-state index in [0.29, 0.717) is 0 Å². The Bertz CT molecular complexity index is 294. The average molecular weight is 267 g/mol. The lowest BCUT2D eigenvalue weighted by atomic mass is 9.73. The molecule has 1 aliphatic heterocycles. The molecule has 0 bridgehead atoms. The van der Waals surface area contributed by atoms with E-state index in [0.717, 1.165) is 24.7 Å². The molecule has 0 aromatic carbocycles. The van der Waals surface area contributed by atoms with E-state index in [1.54, 1.807) is 0 Å². The number of carbonyl (C=O) groups is 1. The van der Waals surface area contributed by atoms with Gasteiger partial charge in [-0.2, -0.15) is 0 Å². The van der Waals surface area contributed by atoms with Crippen LogP contribution in [0, 0.1) is 17.8 Å². The summed E-state index contributed by atoms with van der Waals surface area (Å²) in [5.41, 5.74) is -0.344. The summed E-state index contributed by atoms with van der Waals surface area (Å²) in [5, 5.41) is 3.43. The number of rotatable bonds is 2. The quantitative estimate of drug-likeness (QED) is 0.781. The molecule has 0 aromatic heterocycles. The molecule has 0 radical (unpaired) electrons. The number of nitrogens with one attached hydrogen (secondary N) is 1. The Morgan fingerprint density at radius 2 is 1.47 bits per heavy atom. The molecule has 2 rings (SSSR count). The highest BCUT2D eigenvalue weighted by Crippen LogP contribution is 2.37. The first-order chi connectivity index (χ1) is 8.96. The standard InChI is InChI=1S/C16H29NO2/c1-16(2,3)19-15(18)14-6-4-12(5-7-14)13-8-10-17-11-9-13/h12-14,17H,4-11H2,1-3H3. The molecule has 3 heteroatoms. The molecular weight excluding hydrogens is 238 g/mol. The molecule has 2 fully saturated rings. The lowest BCUT2D eigenvalue weighted by Crippen LogP contribution is -2.35. The van der Waals surface area contributed by atoms with Gasteiger partial charge in [0, 0.05) is 0 Å². The Hall–Kier alpha value is -0.570. The van der Waals surface area contributed by atoms with Crippen LogP contribution in [-0.2, 0) is 9.53 Å². The number of hydrogen-bond donors (Lipinski definition) is 1. The fourth-order valence-corrected chi connectivity index (χ4v) is 3.53. The fourth-order valence-electron chi connectivity index (χ4n) is 3.53. The van der Waals surface area contributed by atoms with Crippen LogP contribution in [0.4, 0.5) is 0 Å². The maximum atomic E-state index is 12.1. The Labute approximate surface area is 117 Å². The molecule has 1 aliphatic carbocycles. The van der Waals surface area contributed by atoms with Gasteiger partial charge in [-0.25, -0.2) is 0 Å². The Morgan fingerprint density at radius 3 is 2.00 bits per heavy atom. The molecule has 19 heavy (non-hydrogen) atoms. The molecule has 0 aromatic rings. The fraction of sp³-hybridized carbons (Fsp3) is 0.938. The highest BCUT2D eigenvalue weighted by Gasteiger charge is 2.33. The maximum absolute atomic E-state index is 12.1. The molecule has 1 saturated carbocycles. The third kappa shape index (κ3) is 4.48. The lowest BCUT2D eigenvalue weighted by molar-refractivity contribution is -0.161. The zero-order valence-corrected chi connectivity index (χ0v) is 12.7. The SMILES string of the molecule is CC(C)(C)OC(=O)C1CCC(C2CCNCC2)CC1. The summed E-state index contributed by atoms with van der Waals surface area (Å²) in [5.74, 6) is 1.91. The minimum Gasteiger partial charge on any atom is -0.460 e. The van der Waals surface area contributed by atoms with Gasteiger partial charge < -0.3 is 10.1 Å². The van der Waals surface area contributed by atoms with Crippen LogP contribution >= 0.6 is 0 Å². The summed E-state index contributed by atoms with van der Waals surface area (Å²) in [4.78, 5) is 12.1. The van der Waals surface area contributed by atoms with Gasteiger partial charge in [-0.15, -0.1) is 0 Å². The van der Waals surface area contributed by atoms with E-state index < -0.39 is 0 Å². The van der Waals surface area contributed by atoms with Crippen molar-refractivity contribution in [2.24, 2.45) is 17.8 Å². The molecule has 3 nitrogen and oxygen atoms in total. The van der Waals surface area contributed by atoms with Gasteiger partial charge in [0.1, 0.15) is 5.60 Å². The van der Waals surface area contributed by atoms with Gasteiger partial charge in [-0.05, 0) is 84.2 Å². The number of hydrogen-bond acceptors (Lipinski definition) is 3. The second kappa shape index (κ2) is 6.25. The summed E-state index contributed by atoms with van der Waals surface area (Å²) in [7, 11) is 0. The minimum absolute atomic E-state index is 0.0243. The van der Waals surface area contributed by atoms with E-state index in [1.165, 1.54) is 38.8 Å². The highest BCUT2D eigenvalue weighted by atomic mass is 16.6. The second-order valence-electron chi connectivity index (χ2n) is 7.23. The van der Waals surface area contributed by atoms with Crippen molar-refractivity contribution in [3.8, 4) is 0 Å². The lowest BCUT2D eigenvalue weighted by Gasteiger charge is -2.36. The second-order valence-corrected chi connectivity index (χ2v) is 7.23. The smallest absolute Gasteiger partial charge is 0.309 e. The monoisotopic (exact) mass is 267 g/mol. The minimum atomic E-state index is -0.344. The van der Waals surface area contributed by atoms with Gasteiger partial charge in [-0.1, -0.05) is 0 Å². The molecule has 0 amide bonds. The molecule has 0 spiro atoms. The van der Waals surface area contributed by atoms with Crippen molar-refractivity contribution in [1.82, 2.24) is 5.32 Å². The molecule has 0 unspecified atom stereocenters. The summed E-state index contributed by atoms with van der Waals surface area (Å²) < 4.78 is 5.51. The van der Waals surface area contributed by atoms with Gasteiger partial charge in [0.25, 0.3) is 0 Å². The van der Waals surface area contributed by atoms with Crippen molar-refractivity contribution in [3.63, 3.8) is 0 Å². The normalized spacial score (nSPS) is 30.1. The van der Waals surface area contributed by atoms with Crippen molar-refractivity contribution < 1.29 is 9.53 Å². The van der Waals surface area contributed by atoms with Crippen molar-refractivity contribution >= 4 is 5.97 Å². The van der Waals surface area contributed by atoms with E-state index >= 15 is 0 Å². The van der Waals surface area contributed by atoms with Crippen molar-refractivity contribution in [1.29, 1.82) is 0 Å². The van der Waals surface area contributed by atoms with Gasteiger partial charge in [0.15, 0.2) is 0 Å². The summed E-state index contributed by atoms with van der Waals surface area (Å²) in [6.07, 6.45) is 7.14. The molecule has 1 N–H and O–H groups in total. The van der Waals surface area contributed by atoms with E-state index in [1.807, 2.05) is 20.8 Å². The predicted molar refractivity (Wildman–Crippen MR) is 76.9 cm³/mol. The number of esters is 1. The third-order valence-electron chi connectivity index (χ3n) is 4.56. The van der Waals surface area contributed by atoms with Crippen LogP contribution in [0.1, 0.15) is 59.3 Å². The maximum Gasteiger partial charge on any atom is 0.309 e. The van der Waals surface area contributed by atoms with Gasteiger partial charge in [0.05, 0.1) is 5.92 Å². The molecular formula is C16H29NO2. The molecule has 1 saturated heterocycles. The summed E-state index contributed by atoms with van der Waals surface area (Å²) in [6.45, 7) is 8.20. The molecule has 1 heterocycles. The van der Waals surface area contributed by atoms with Gasteiger partial charge >= 0.3 is 5.97 Å². The molecule has 0 atom stereocenters. The van der Waals surface area contributed by atoms with Crippen LogP contribution < -0.4 is 5.32 Å². The Morgan fingerprint density at radius 1 is 0.947 bits per heavy atom. The Balaban J connectivity index is 1.77.